The van der Waals surface area contributed by atoms with E-state index in [2.05, 4.69) is 25.2 Å². The van der Waals surface area contributed by atoms with Gasteiger partial charge in [0, 0.05) is 6.20 Å². The zero-order valence-corrected chi connectivity index (χ0v) is 9.61. The third-order valence-corrected chi connectivity index (χ3v) is 2.48. The van der Waals surface area contributed by atoms with Gasteiger partial charge in [0.2, 0.25) is 0 Å². The lowest BCUT2D eigenvalue weighted by Crippen LogP contribution is -1.82. The minimum absolute atomic E-state index is 0.422. The van der Waals surface area contributed by atoms with Gasteiger partial charge in [-0.15, -0.1) is 5.11 Å². The molecule has 2 heterocycles. The number of aromatic nitrogens is 3. The van der Waals surface area contributed by atoms with E-state index in [0.29, 0.717) is 12.4 Å². The smallest absolute Gasteiger partial charge is 0.173 e. The number of pyridine rings is 1. The number of para-hydroxylation sites is 2. The molecule has 0 aliphatic rings. The maximum absolute atomic E-state index is 4.41. The first-order valence-corrected chi connectivity index (χ1v) is 5.64. The molecule has 1 aromatic carbocycles. The topological polar surface area (TPSA) is 66.3 Å². The highest BCUT2D eigenvalue weighted by atomic mass is 15.2. The van der Waals surface area contributed by atoms with Crippen LogP contribution in [0.3, 0.4) is 0 Å². The number of fused-ring (bicyclic) bond motifs is 1. The van der Waals surface area contributed by atoms with Crippen LogP contribution in [0.25, 0.3) is 11.0 Å². The van der Waals surface area contributed by atoms with Crippen LogP contribution in [0.4, 0.5) is 5.82 Å². The lowest BCUT2D eigenvalue weighted by molar-refractivity contribution is 0.885. The van der Waals surface area contributed by atoms with Gasteiger partial charge >= 0.3 is 0 Å². The SMILES string of the molecule is c1ccc(N=NCc2nc3ccccc3[nH]2)nc1. The number of hydrogen-bond acceptors (Lipinski definition) is 4. The minimum atomic E-state index is 0.422. The van der Waals surface area contributed by atoms with Crippen molar-refractivity contribution in [1.29, 1.82) is 0 Å². The Balaban J connectivity index is 1.75. The maximum atomic E-state index is 4.41. The molecule has 0 saturated heterocycles. The summed E-state index contributed by atoms with van der Waals surface area (Å²) in [5.41, 5.74) is 1.96. The largest absolute Gasteiger partial charge is 0.340 e. The molecule has 0 radical (unpaired) electrons. The average Bonchev–Trinajstić information content (AvgIpc) is 2.82. The maximum Gasteiger partial charge on any atom is 0.173 e. The number of nitrogens with one attached hydrogen (secondary N) is 1. The molecule has 0 aliphatic carbocycles. The minimum Gasteiger partial charge on any atom is -0.340 e. The summed E-state index contributed by atoms with van der Waals surface area (Å²) >= 11 is 0. The zero-order valence-electron chi connectivity index (χ0n) is 9.61. The Hall–Kier alpha value is -2.56. The molecule has 88 valence electrons. The summed E-state index contributed by atoms with van der Waals surface area (Å²) in [5.74, 6) is 1.41. The molecule has 0 saturated carbocycles. The second-order valence-electron chi connectivity index (χ2n) is 3.79. The lowest BCUT2D eigenvalue weighted by Gasteiger charge is -1.89. The van der Waals surface area contributed by atoms with Crippen molar-refractivity contribution in [2.75, 3.05) is 0 Å². The average molecular weight is 237 g/mol. The quantitative estimate of drug-likeness (QED) is 0.710. The first kappa shape index (κ1) is 10.6. The summed E-state index contributed by atoms with van der Waals surface area (Å²) in [6, 6.07) is 13.4. The van der Waals surface area contributed by atoms with Gasteiger partial charge in [-0.05, 0) is 24.3 Å². The van der Waals surface area contributed by atoms with Crippen molar-refractivity contribution in [1.82, 2.24) is 15.0 Å². The van der Waals surface area contributed by atoms with Gasteiger partial charge in [-0.1, -0.05) is 18.2 Å². The molecule has 0 amide bonds. The van der Waals surface area contributed by atoms with Crippen LogP contribution in [0.1, 0.15) is 5.82 Å². The molecule has 0 bridgehead atoms. The van der Waals surface area contributed by atoms with Crippen LogP contribution in [-0.2, 0) is 6.54 Å². The fourth-order valence-corrected chi connectivity index (χ4v) is 1.67. The second-order valence-corrected chi connectivity index (χ2v) is 3.79. The Morgan fingerprint density at radius 1 is 1.06 bits per heavy atom. The van der Waals surface area contributed by atoms with Gasteiger partial charge in [0.15, 0.2) is 5.82 Å². The lowest BCUT2D eigenvalue weighted by atomic mass is 10.3. The van der Waals surface area contributed by atoms with Crippen molar-refractivity contribution in [3.8, 4) is 0 Å². The number of azo groups is 1. The van der Waals surface area contributed by atoms with Crippen LogP contribution in [0.2, 0.25) is 0 Å². The van der Waals surface area contributed by atoms with E-state index in [-0.39, 0.29) is 0 Å². The third-order valence-electron chi connectivity index (χ3n) is 2.48. The van der Waals surface area contributed by atoms with Gasteiger partial charge in [0.05, 0.1) is 11.0 Å². The van der Waals surface area contributed by atoms with Crippen molar-refractivity contribution in [3.63, 3.8) is 0 Å². The molecule has 5 heteroatoms. The molecule has 0 spiro atoms. The van der Waals surface area contributed by atoms with E-state index in [0.717, 1.165) is 16.9 Å². The van der Waals surface area contributed by atoms with E-state index >= 15 is 0 Å². The van der Waals surface area contributed by atoms with Crippen LogP contribution < -0.4 is 0 Å². The summed E-state index contributed by atoms with van der Waals surface area (Å²) in [6.45, 7) is 0.422. The summed E-state index contributed by atoms with van der Waals surface area (Å²) in [5, 5.41) is 8.10. The predicted molar refractivity (Wildman–Crippen MR) is 68.6 cm³/mol. The van der Waals surface area contributed by atoms with Gasteiger partial charge in [0.1, 0.15) is 12.4 Å². The Labute approximate surface area is 104 Å². The van der Waals surface area contributed by atoms with E-state index < -0.39 is 0 Å². The Kier molecular flexibility index (Phi) is 2.79. The molecule has 0 fully saturated rings. The van der Waals surface area contributed by atoms with Gasteiger partial charge in [-0.25, -0.2) is 9.97 Å². The molecule has 0 atom stereocenters. The van der Waals surface area contributed by atoms with E-state index in [9.17, 15) is 0 Å². The van der Waals surface area contributed by atoms with Crippen molar-refractivity contribution < 1.29 is 0 Å². The molecule has 0 aliphatic heterocycles. The van der Waals surface area contributed by atoms with Crippen molar-refractivity contribution in [2.45, 2.75) is 6.54 Å². The van der Waals surface area contributed by atoms with Gasteiger partial charge < -0.3 is 4.98 Å². The number of rotatable bonds is 3. The molecular formula is C13H11N5. The number of nitrogens with zero attached hydrogens (tertiary/aromatic N) is 4. The number of hydrogen-bond donors (Lipinski definition) is 1. The van der Waals surface area contributed by atoms with Crippen LogP contribution in [-0.4, -0.2) is 15.0 Å². The van der Waals surface area contributed by atoms with Crippen LogP contribution in [0.15, 0.2) is 58.9 Å². The summed E-state index contributed by atoms with van der Waals surface area (Å²) in [4.78, 5) is 11.7. The van der Waals surface area contributed by atoms with Crippen LogP contribution in [0.5, 0.6) is 0 Å². The van der Waals surface area contributed by atoms with E-state index in [1.807, 2.05) is 42.5 Å². The van der Waals surface area contributed by atoms with Gasteiger partial charge in [0.25, 0.3) is 0 Å². The fourth-order valence-electron chi connectivity index (χ4n) is 1.67. The summed E-state index contributed by atoms with van der Waals surface area (Å²) in [6.07, 6.45) is 1.69. The van der Waals surface area contributed by atoms with E-state index in [1.165, 1.54) is 0 Å². The highest BCUT2D eigenvalue weighted by Gasteiger charge is 2.00. The molecule has 18 heavy (non-hydrogen) atoms. The Bertz CT molecular complexity index is 639. The number of imidazole rings is 1. The van der Waals surface area contributed by atoms with Gasteiger partial charge in [-0.2, -0.15) is 5.11 Å². The molecule has 2 aromatic heterocycles. The van der Waals surface area contributed by atoms with Gasteiger partial charge in [-0.3, -0.25) is 0 Å². The number of benzene rings is 1. The Morgan fingerprint density at radius 2 is 1.94 bits per heavy atom. The number of H-pyrrole nitrogens is 1. The highest BCUT2D eigenvalue weighted by molar-refractivity contribution is 5.74. The van der Waals surface area contributed by atoms with Crippen LogP contribution in [0, 0.1) is 0 Å². The van der Waals surface area contributed by atoms with E-state index in [4.69, 9.17) is 0 Å². The van der Waals surface area contributed by atoms with Crippen LogP contribution >= 0.6 is 0 Å². The first-order valence-electron chi connectivity index (χ1n) is 5.64. The molecule has 5 nitrogen and oxygen atoms in total. The molecule has 1 N–H and O–H groups in total. The fraction of sp³-hybridized carbons (Fsp3) is 0.0769. The van der Waals surface area contributed by atoms with Crippen molar-refractivity contribution in [3.05, 3.63) is 54.5 Å². The summed E-state index contributed by atoms with van der Waals surface area (Å²) < 4.78 is 0. The van der Waals surface area contributed by atoms with E-state index in [1.54, 1.807) is 6.20 Å². The second kappa shape index (κ2) is 4.75. The number of aromatic amines is 1. The Morgan fingerprint density at radius 3 is 2.78 bits per heavy atom. The predicted octanol–water partition coefficient (Wildman–Crippen LogP) is 3.24. The standard InChI is InChI=1S/C13H11N5/c1-2-6-11-10(5-1)16-13(17-11)9-15-18-12-7-3-4-8-14-12/h1-8H,9H2,(H,16,17). The van der Waals surface area contributed by atoms with Crippen molar-refractivity contribution >= 4 is 16.9 Å². The molecule has 0 unspecified atom stereocenters. The monoisotopic (exact) mass is 237 g/mol. The zero-order chi connectivity index (χ0) is 12.2. The molecular weight excluding hydrogens is 226 g/mol. The highest BCUT2D eigenvalue weighted by Crippen LogP contribution is 2.12. The van der Waals surface area contributed by atoms with Crippen molar-refractivity contribution in [2.24, 2.45) is 10.2 Å². The normalized spacial score (nSPS) is 11.3. The molecule has 3 rings (SSSR count). The first-order chi connectivity index (χ1) is 8.92. The third kappa shape index (κ3) is 2.24. The summed E-state index contributed by atoms with van der Waals surface area (Å²) in [7, 11) is 0. The molecule has 3 aromatic rings.